The van der Waals surface area contributed by atoms with Gasteiger partial charge in [0.05, 0.1) is 6.54 Å². The first-order valence-corrected chi connectivity index (χ1v) is 5.88. The standard InChI is InChI=1S/C12H19NO2/c14-12(15)9-13(8-10-6-7-10)11-4-2-1-3-5-11/h2,4,10-11H,1,3,5-9H2,(H,14,15). The second-order valence-electron chi connectivity index (χ2n) is 4.69. The van der Waals surface area contributed by atoms with E-state index in [4.69, 9.17) is 5.11 Å². The maximum absolute atomic E-state index is 10.8. The maximum Gasteiger partial charge on any atom is 0.317 e. The number of allylic oxidation sites excluding steroid dienone is 1. The number of hydrogen-bond acceptors (Lipinski definition) is 2. The van der Waals surface area contributed by atoms with Crippen LogP contribution in [0, 0.1) is 5.92 Å². The van der Waals surface area contributed by atoms with Crippen LogP contribution >= 0.6 is 0 Å². The summed E-state index contributed by atoms with van der Waals surface area (Å²) in [5.41, 5.74) is 0. The summed E-state index contributed by atoms with van der Waals surface area (Å²) in [5.74, 6) is 0.0642. The molecule has 2 rings (SSSR count). The molecule has 0 spiro atoms. The molecule has 1 atom stereocenters. The van der Waals surface area contributed by atoms with E-state index >= 15 is 0 Å². The smallest absolute Gasteiger partial charge is 0.317 e. The lowest BCUT2D eigenvalue weighted by Gasteiger charge is -2.30. The fraction of sp³-hybridized carbons (Fsp3) is 0.750. The Morgan fingerprint density at radius 3 is 2.73 bits per heavy atom. The molecule has 0 aliphatic heterocycles. The summed E-state index contributed by atoms with van der Waals surface area (Å²) in [6, 6.07) is 0.371. The molecule has 0 radical (unpaired) electrons. The van der Waals surface area contributed by atoms with Crippen LogP contribution in [-0.4, -0.2) is 35.1 Å². The minimum absolute atomic E-state index is 0.200. The lowest BCUT2D eigenvalue weighted by atomic mass is 10.0. The van der Waals surface area contributed by atoms with Crippen LogP contribution in [0.5, 0.6) is 0 Å². The van der Waals surface area contributed by atoms with Crippen LogP contribution in [0.4, 0.5) is 0 Å². The van der Waals surface area contributed by atoms with Crippen LogP contribution in [-0.2, 0) is 4.79 Å². The van der Waals surface area contributed by atoms with E-state index < -0.39 is 5.97 Å². The van der Waals surface area contributed by atoms with Crippen molar-refractivity contribution in [1.82, 2.24) is 4.90 Å². The average molecular weight is 209 g/mol. The molecule has 2 aliphatic carbocycles. The van der Waals surface area contributed by atoms with Crippen molar-refractivity contribution in [3.05, 3.63) is 12.2 Å². The van der Waals surface area contributed by atoms with Crippen molar-refractivity contribution in [2.75, 3.05) is 13.1 Å². The summed E-state index contributed by atoms with van der Waals surface area (Å²) >= 11 is 0. The minimum Gasteiger partial charge on any atom is -0.480 e. The van der Waals surface area contributed by atoms with Crippen LogP contribution in [0.15, 0.2) is 12.2 Å². The van der Waals surface area contributed by atoms with Crippen molar-refractivity contribution in [2.24, 2.45) is 5.92 Å². The summed E-state index contributed by atoms with van der Waals surface area (Å²) < 4.78 is 0. The van der Waals surface area contributed by atoms with Crippen LogP contribution in [0.2, 0.25) is 0 Å². The van der Waals surface area contributed by atoms with Crippen molar-refractivity contribution in [1.29, 1.82) is 0 Å². The molecule has 2 aliphatic rings. The molecule has 0 bridgehead atoms. The quantitative estimate of drug-likeness (QED) is 0.703. The monoisotopic (exact) mass is 209 g/mol. The van der Waals surface area contributed by atoms with Gasteiger partial charge >= 0.3 is 5.97 Å². The summed E-state index contributed by atoms with van der Waals surface area (Å²) in [4.78, 5) is 12.9. The van der Waals surface area contributed by atoms with Crippen LogP contribution in [0.25, 0.3) is 0 Å². The Kier molecular flexibility index (Phi) is 3.41. The van der Waals surface area contributed by atoms with Crippen molar-refractivity contribution < 1.29 is 9.90 Å². The molecule has 1 N–H and O–H groups in total. The van der Waals surface area contributed by atoms with E-state index in [0.29, 0.717) is 6.04 Å². The van der Waals surface area contributed by atoms with E-state index in [1.54, 1.807) is 0 Å². The van der Waals surface area contributed by atoms with Crippen molar-refractivity contribution >= 4 is 5.97 Å². The molecule has 1 unspecified atom stereocenters. The van der Waals surface area contributed by atoms with E-state index in [-0.39, 0.29) is 6.54 Å². The Hall–Kier alpha value is -0.830. The molecule has 15 heavy (non-hydrogen) atoms. The number of carboxylic acid groups (broad SMARTS) is 1. The van der Waals surface area contributed by atoms with Gasteiger partial charge in [0.25, 0.3) is 0 Å². The van der Waals surface area contributed by atoms with E-state index in [1.807, 2.05) is 0 Å². The molecule has 3 nitrogen and oxygen atoms in total. The SMILES string of the molecule is O=C(O)CN(CC1CC1)C1C=CCCC1. The summed E-state index contributed by atoms with van der Waals surface area (Å²) in [6.45, 7) is 1.17. The Labute approximate surface area is 90.8 Å². The van der Waals surface area contributed by atoms with Gasteiger partial charge in [0.1, 0.15) is 0 Å². The largest absolute Gasteiger partial charge is 0.480 e. The maximum atomic E-state index is 10.8. The molecule has 0 aromatic carbocycles. The van der Waals surface area contributed by atoms with Gasteiger partial charge in [-0.05, 0) is 38.0 Å². The van der Waals surface area contributed by atoms with Crippen LogP contribution in [0.1, 0.15) is 32.1 Å². The Morgan fingerprint density at radius 2 is 2.20 bits per heavy atom. The van der Waals surface area contributed by atoms with Gasteiger partial charge in [-0.1, -0.05) is 12.2 Å². The highest BCUT2D eigenvalue weighted by molar-refractivity contribution is 5.69. The number of carbonyl (C=O) groups is 1. The molecule has 0 amide bonds. The van der Waals surface area contributed by atoms with Crippen molar-refractivity contribution in [3.63, 3.8) is 0 Å². The minimum atomic E-state index is -0.699. The number of hydrogen-bond donors (Lipinski definition) is 1. The number of aliphatic carboxylic acids is 1. The van der Waals surface area contributed by atoms with Crippen molar-refractivity contribution in [2.45, 2.75) is 38.1 Å². The highest BCUT2D eigenvalue weighted by Gasteiger charge is 2.28. The molecule has 1 fully saturated rings. The van der Waals surface area contributed by atoms with E-state index in [0.717, 1.165) is 25.3 Å². The number of carboxylic acids is 1. The molecular formula is C12H19NO2. The molecular weight excluding hydrogens is 190 g/mol. The second kappa shape index (κ2) is 4.79. The third-order valence-corrected chi connectivity index (χ3v) is 3.23. The van der Waals surface area contributed by atoms with Gasteiger partial charge in [-0.15, -0.1) is 0 Å². The third kappa shape index (κ3) is 3.34. The van der Waals surface area contributed by atoms with E-state index in [2.05, 4.69) is 17.1 Å². The number of rotatable bonds is 5. The first kappa shape index (κ1) is 10.7. The molecule has 0 heterocycles. The normalized spacial score (nSPS) is 25.8. The summed E-state index contributed by atoms with van der Waals surface area (Å²) in [7, 11) is 0. The molecule has 0 aromatic rings. The Bertz CT molecular complexity index is 258. The van der Waals surface area contributed by atoms with Gasteiger partial charge in [0, 0.05) is 12.6 Å². The molecule has 1 saturated carbocycles. The van der Waals surface area contributed by atoms with Gasteiger partial charge < -0.3 is 5.11 Å². The zero-order valence-electron chi connectivity index (χ0n) is 9.06. The second-order valence-corrected chi connectivity index (χ2v) is 4.69. The van der Waals surface area contributed by atoms with Gasteiger partial charge in [-0.2, -0.15) is 0 Å². The molecule has 84 valence electrons. The average Bonchev–Trinajstić information content (AvgIpc) is 3.01. The van der Waals surface area contributed by atoms with Crippen molar-refractivity contribution in [3.8, 4) is 0 Å². The zero-order valence-corrected chi connectivity index (χ0v) is 9.06. The van der Waals surface area contributed by atoms with Gasteiger partial charge in [0.15, 0.2) is 0 Å². The molecule has 0 aromatic heterocycles. The zero-order chi connectivity index (χ0) is 10.7. The Balaban J connectivity index is 1.92. The third-order valence-electron chi connectivity index (χ3n) is 3.23. The highest BCUT2D eigenvalue weighted by Crippen LogP contribution is 2.31. The fourth-order valence-electron chi connectivity index (χ4n) is 2.22. The van der Waals surface area contributed by atoms with Gasteiger partial charge in [-0.3, -0.25) is 9.69 Å². The summed E-state index contributed by atoms with van der Waals surface area (Å²) in [5, 5.41) is 8.88. The van der Waals surface area contributed by atoms with Gasteiger partial charge in [0.2, 0.25) is 0 Å². The number of nitrogens with zero attached hydrogens (tertiary/aromatic N) is 1. The first-order valence-electron chi connectivity index (χ1n) is 5.88. The highest BCUT2D eigenvalue weighted by atomic mass is 16.4. The van der Waals surface area contributed by atoms with Crippen LogP contribution < -0.4 is 0 Å². The lowest BCUT2D eigenvalue weighted by Crippen LogP contribution is -2.40. The topological polar surface area (TPSA) is 40.5 Å². The predicted molar refractivity (Wildman–Crippen MR) is 58.7 cm³/mol. The fourth-order valence-corrected chi connectivity index (χ4v) is 2.22. The Morgan fingerprint density at radius 1 is 1.40 bits per heavy atom. The lowest BCUT2D eigenvalue weighted by molar-refractivity contribution is -0.138. The molecule has 3 heteroatoms. The summed E-state index contributed by atoms with van der Waals surface area (Å²) in [6.07, 6.45) is 10.4. The predicted octanol–water partition coefficient (Wildman–Crippen LogP) is 1.89. The molecule has 0 saturated heterocycles. The van der Waals surface area contributed by atoms with E-state index in [1.165, 1.54) is 19.3 Å². The van der Waals surface area contributed by atoms with E-state index in [9.17, 15) is 4.79 Å². The van der Waals surface area contributed by atoms with Gasteiger partial charge in [-0.25, -0.2) is 0 Å². The first-order chi connectivity index (χ1) is 7.25. The van der Waals surface area contributed by atoms with Crippen LogP contribution in [0.3, 0.4) is 0 Å².